The number of hydrogen-bond donors (Lipinski definition) is 2. The standard InChI is InChI=1S/C14H21N5O/c1-3-10(4-2)12(15)8-17-14(20)11-7-18-19-6-5-16-9-13(11)19/h5-7,9-10,12H,3-4,8,15H2,1-2H3,(H,17,20). The molecule has 0 bridgehead atoms. The van der Waals surface area contributed by atoms with Crippen LogP contribution in [0.4, 0.5) is 0 Å². The Morgan fingerprint density at radius 1 is 1.40 bits per heavy atom. The number of hydrogen-bond acceptors (Lipinski definition) is 4. The summed E-state index contributed by atoms with van der Waals surface area (Å²) >= 11 is 0. The van der Waals surface area contributed by atoms with Crippen molar-refractivity contribution in [2.75, 3.05) is 6.54 Å². The Morgan fingerprint density at radius 2 is 2.15 bits per heavy atom. The fraction of sp³-hybridized carbons (Fsp3) is 0.500. The molecule has 0 fully saturated rings. The lowest BCUT2D eigenvalue weighted by Gasteiger charge is -2.21. The van der Waals surface area contributed by atoms with Gasteiger partial charge in [0.25, 0.3) is 5.91 Å². The van der Waals surface area contributed by atoms with Crippen LogP contribution in [0.5, 0.6) is 0 Å². The van der Waals surface area contributed by atoms with E-state index in [9.17, 15) is 4.79 Å². The molecule has 6 nitrogen and oxygen atoms in total. The van der Waals surface area contributed by atoms with Gasteiger partial charge in [-0.1, -0.05) is 26.7 Å². The minimum Gasteiger partial charge on any atom is -0.350 e. The van der Waals surface area contributed by atoms with Crippen LogP contribution in [-0.2, 0) is 0 Å². The first-order chi connectivity index (χ1) is 9.67. The van der Waals surface area contributed by atoms with Gasteiger partial charge in [-0.2, -0.15) is 5.10 Å². The maximum Gasteiger partial charge on any atom is 0.255 e. The molecular weight excluding hydrogens is 254 g/mol. The zero-order chi connectivity index (χ0) is 14.5. The summed E-state index contributed by atoms with van der Waals surface area (Å²) in [6.45, 7) is 4.71. The van der Waals surface area contributed by atoms with E-state index >= 15 is 0 Å². The van der Waals surface area contributed by atoms with Crippen LogP contribution < -0.4 is 11.1 Å². The highest BCUT2D eigenvalue weighted by atomic mass is 16.1. The molecule has 6 heteroatoms. The summed E-state index contributed by atoms with van der Waals surface area (Å²) in [4.78, 5) is 16.2. The highest BCUT2D eigenvalue weighted by molar-refractivity contribution is 6.00. The van der Waals surface area contributed by atoms with E-state index in [1.807, 2.05) is 0 Å². The number of fused-ring (bicyclic) bond motifs is 1. The summed E-state index contributed by atoms with van der Waals surface area (Å²) < 4.78 is 1.63. The van der Waals surface area contributed by atoms with Gasteiger partial charge in [0.1, 0.15) is 0 Å². The van der Waals surface area contributed by atoms with Gasteiger partial charge in [0, 0.05) is 25.0 Å². The van der Waals surface area contributed by atoms with Crippen LogP contribution in [0.2, 0.25) is 0 Å². The van der Waals surface area contributed by atoms with E-state index in [4.69, 9.17) is 5.73 Å². The maximum atomic E-state index is 12.2. The highest BCUT2D eigenvalue weighted by Gasteiger charge is 2.17. The van der Waals surface area contributed by atoms with E-state index in [0.717, 1.165) is 12.8 Å². The first kappa shape index (κ1) is 14.5. The molecule has 0 spiro atoms. The lowest BCUT2D eigenvalue weighted by atomic mass is 9.95. The van der Waals surface area contributed by atoms with Gasteiger partial charge >= 0.3 is 0 Å². The molecule has 108 valence electrons. The smallest absolute Gasteiger partial charge is 0.255 e. The van der Waals surface area contributed by atoms with Crippen LogP contribution in [0, 0.1) is 5.92 Å². The minimum absolute atomic E-state index is 0.0195. The predicted molar refractivity (Wildman–Crippen MR) is 77.4 cm³/mol. The average Bonchev–Trinajstić information content (AvgIpc) is 2.90. The summed E-state index contributed by atoms with van der Waals surface area (Å²) in [5, 5.41) is 7.00. The molecular formula is C14H21N5O. The summed E-state index contributed by atoms with van der Waals surface area (Å²) in [5.41, 5.74) is 7.32. The second-order valence-corrected chi connectivity index (χ2v) is 4.91. The second-order valence-electron chi connectivity index (χ2n) is 4.91. The topological polar surface area (TPSA) is 85.3 Å². The van der Waals surface area contributed by atoms with Gasteiger partial charge < -0.3 is 11.1 Å². The molecule has 3 N–H and O–H groups in total. The van der Waals surface area contributed by atoms with Gasteiger partial charge in [0.15, 0.2) is 0 Å². The molecule has 2 aromatic heterocycles. The first-order valence-corrected chi connectivity index (χ1v) is 6.98. The van der Waals surface area contributed by atoms with Crippen molar-refractivity contribution in [1.82, 2.24) is 19.9 Å². The molecule has 0 radical (unpaired) electrons. The van der Waals surface area contributed by atoms with Crippen molar-refractivity contribution in [2.45, 2.75) is 32.7 Å². The molecule has 1 amide bonds. The molecule has 0 aliphatic heterocycles. The predicted octanol–water partition coefficient (Wildman–Crippen LogP) is 1.22. The lowest BCUT2D eigenvalue weighted by Crippen LogP contribution is -2.41. The van der Waals surface area contributed by atoms with E-state index in [2.05, 4.69) is 29.2 Å². The number of nitrogens with two attached hydrogens (primary N) is 1. The van der Waals surface area contributed by atoms with E-state index in [-0.39, 0.29) is 11.9 Å². The van der Waals surface area contributed by atoms with Crippen LogP contribution in [0.1, 0.15) is 37.0 Å². The third kappa shape index (κ3) is 2.96. The van der Waals surface area contributed by atoms with Crippen LogP contribution >= 0.6 is 0 Å². The highest BCUT2D eigenvalue weighted by Crippen LogP contribution is 2.12. The van der Waals surface area contributed by atoms with E-state index in [1.165, 1.54) is 0 Å². The summed E-state index contributed by atoms with van der Waals surface area (Å²) in [6, 6.07) is -0.0195. The number of aromatic nitrogens is 3. The van der Waals surface area contributed by atoms with Gasteiger partial charge in [-0.05, 0) is 5.92 Å². The molecule has 0 aliphatic rings. The second kappa shape index (κ2) is 6.47. The number of nitrogens with zero attached hydrogens (tertiary/aromatic N) is 3. The lowest BCUT2D eigenvalue weighted by molar-refractivity contribution is 0.0949. The molecule has 1 atom stereocenters. The zero-order valence-corrected chi connectivity index (χ0v) is 11.9. The van der Waals surface area contributed by atoms with Crippen LogP contribution in [0.15, 0.2) is 24.8 Å². The summed E-state index contributed by atoms with van der Waals surface area (Å²) in [7, 11) is 0. The average molecular weight is 275 g/mol. The summed E-state index contributed by atoms with van der Waals surface area (Å²) in [6.07, 6.45) is 8.56. The van der Waals surface area contributed by atoms with Crippen molar-refractivity contribution in [3.05, 3.63) is 30.4 Å². The Morgan fingerprint density at radius 3 is 2.85 bits per heavy atom. The zero-order valence-electron chi connectivity index (χ0n) is 11.9. The molecule has 0 aliphatic carbocycles. The Kier molecular flexibility index (Phi) is 4.68. The van der Waals surface area contributed by atoms with Crippen molar-refractivity contribution in [2.24, 2.45) is 11.7 Å². The van der Waals surface area contributed by atoms with Crippen molar-refractivity contribution >= 4 is 11.4 Å². The molecule has 1 unspecified atom stereocenters. The van der Waals surface area contributed by atoms with Crippen molar-refractivity contribution < 1.29 is 4.79 Å². The Hall–Kier alpha value is -1.95. The minimum atomic E-state index is -0.158. The number of nitrogens with one attached hydrogen (secondary N) is 1. The van der Waals surface area contributed by atoms with E-state index < -0.39 is 0 Å². The van der Waals surface area contributed by atoms with Gasteiger partial charge in [0.2, 0.25) is 0 Å². The van der Waals surface area contributed by atoms with Gasteiger partial charge in [-0.15, -0.1) is 0 Å². The largest absolute Gasteiger partial charge is 0.350 e. The van der Waals surface area contributed by atoms with E-state index in [1.54, 1.807) is 29.3 Å². The van der Waals surface area contributed by atoms with Gasteiger partial charge in [-0.25, -0.2) is 4.52 Å². The monoisotopic (exact) mass is 275 g/mol. The van der Waals surface area contributed by atoms with Crippen molar-refractivity contribution in [3.8, 4) is 0 Å². The fourth-order valence-electron chi connectivity index (χ4n) is 2.38. The SMILES string of the molecule is CCC(CC)C(N)CNC(=O)c1cnn2ccncc12. The number of carbonyl (C=O) groups excluding carboxylic acids is 1. The molecule has 2 aromatic rings. The van der Waals surface area contributed by atoms with Gasteiger partial charge in [0.05, 0.1) is 23.5 Å². The van der Waals surface area contributed by atoms with Gasteiger partial charge in [-0.3, -0.25) is 9.78 Å². The molecule has 0 saturated carbocycles. The van der Waals surface area contributed by atoms with Crippen LogP contribution in [0.25, 0.3) is 5.52 Å². The maximum absolute atomic E-state index is 12.2. The molecule has 2 rings (SSSR count). The normalized spacial score (nSPS) is 12.8. The number of rotatable bonds is 6. The van der Waals surface area contributed by atoms with Crippen LogP contribution in [-0.4, -0.2) is 33.1 Å². The molecule has 0 saturated heterocycles. The van der Waals surface area contributed by atoms with Crippen molar-refractivity contribution in [1.29, 1.82) is 0 Å². The Balaban J connectivity index is 2.02. The fourth-order valence-corrected chi connectivity index (χ4v) is 2.38. The molecule has 20 heavy (non-hydrogen) atoms. The Labute approximate surface area is 118 Å². The first-order valence-electron chi connectivity index (χ1n) is 6.98. The third-order valence-corrected chi connectivity index (χ3v) is 3.72. The van der Waals surface area contributed by atoms with Crippen molar-refractivity contribution in [3.63, 3.8) is 0 Å². The molecule has 2 heterocycles. The molecule has 0 aromatic carbocycles. The summed E-state index contributed by atoms with van der Waals surface area (Å²) in [5.74, 6) is 0.273. The third-order valence-electron chi connectivity index (χ3n) is 3.72. The number of carbonyl (C=O) groups is 1. The van der Waals surface area contributed by atoms with Crippen LogP contribution in [0.3, 0.4) is 0 Å². The number of amides is 1. The Bertz CT molecular complexity index is 576. The quantitative estimate of drug-likeness (QED) is 0.830. The van der Waals surface area contributed by atoms with E-state index in [0.29, 0.717) is 23.5 Å².